The van der Waals surface area contributed by atoms with E-state index >= 15 is 0 Å². The second kappa shape index (κ2) is 8.07. The van der Waals surface area contributed by atoms with Crippen molar-refractivity contribution in [2.75, 3.05) is 38.2 Å². The fourth-order valence-electron chi connectivity index (χ4n) is 2.96. The Balaban J connectivity index is 2.01. The predicted octanol–water partition coefficient (Wildman–Crippen LogP) is 2.48. The van der Waals surface area contributed by atoms with Gasteiger partial charge in [-0.25, -0.2) is 0 Å². The summed E-state index contributed by atoms with van der Waals surface area (Å²) < 4.78 is 0.881. The van der Waals surface area contributed by atoms with Crippen molar-refractivity contribution in [3.05, 3.63) is 31.9 Å². The fraction of sp³-hybridized carbons (Fsp3) is 0.600. The van der Waals surface area contributed by atoms with Gasteiger partial charge in [-0.3, -0.25) is 10.1 Å². The zero-order chi connectivity index (χ0) is 16.1. The van der Waals surface area contributed by atoms with E-state index in [-0.39, 0.29) is 17.2 Å². The minimum atomic E-state index is -0.295. The second-order valence-electron chi connectivity index (χ2n) is 5.67. The van der Waals surface area contributed by atoms with Crippen LogP contribution in [0.15, 0.2) is 18.2 Å². The number of benzene rings is 1. The summed E-state index contributed by atoms with van der Waals surface area (Å²) >= 11 is 2.10. The van der Waals surface area contributed by atoms with E-state index in [1.165, 1.54) is 0 Å². The number of piperidine rings is 1. The van der Waals surface area contributed by atoms with Crippen LogP contribution in [0.1, 0.15) is 19.3 Å². The van der Waals surface area contributed by atoms with E-state index in [9.17, 15) is 10.1 Å². The van der Waals surface area contributed by atoms with Crippen molar-refractivity contribution in [3.8, 4) is 0 Å². The molecule has 1 fully saturated rings. The van der Waals surface area contributed by atoms with Gasteiger partial charge in [-0.1, -0.05) is 0 Å². The molecule has 1 heterocycles. The Kier molecular flexibility index (Phi) is 6.39. The number of aliphatic hydroxyl groups is 1. The first-order valence-electron chi connectivity index (χ1n) is 7.53. The van der Waals surface area contributed by atoms with Crippen LogP contribution in [-0.4, -0.2) is 54.3 Å². The average molecular weight is 419 g/mol. The van der Waals surface area contributed by atoms with Gasteiger partial charge in [0.2, 0.25) is 0 Å². The number of halogens is 1. The Labute approximate surface area is 144 Å². The molecule has 1 saturated heterocycles. The Morgan fingerprint density at radius 2 is 2.14 bits per heavy atom. The molecule has 0 unspecified atom stereocenters. The predicted molar refractivity (Wildman–Crippen MR) is 95.4 cm³/mol. The molecule has 22 heavy (non-hydrogen) atoms. The summed E-state index contributed by atoms with van der Waals surface area (Å²) in [5, 5.41) is 20.2. The molecule has 2 rings (SSSR count). The Hall–Kier alpha value is -0.930. The summed E-state index contributed by atoms with van der Waals surface area (Å²) in [5.41, 5.74) is 0.917. The van der Waals surface area contributed by atoms with Crippen molar-refractivity contribution < 1.29 is 10.0 Å². The average Bonchev–Trinajstić information content (AvgIpc) is 2.52. The molecule has 0 aliphatic carbocycles. The summed E-state index contributed by atoms with van der Waals surface area (Å²) in [6, 6.07) is 5.90. The molecule has 0 radical (unpaired) electrons. The van der Waals surface area contributed by atoms with Gasteiger partial charge in [-0.2, -0.15) is 0 Å². The van der Waals surface area contributed by atoms with Gasteiger partial charge in [-0.15, -0.1) is 0 Å². The molecule has 6 nitrogen and oxygen atoms in total. The molecule has 1 aromatic rings. The lowest BCUT2D eigenvalue weighted by molar-refractivity contribution is -0.384. The number of aliphatic hydroxyl groups excluding tert-OH is 1. The largest absolute Gasteiger partial charge is 0.396 e. The van der Waals surface area contributed by atoms with E-state index in [1.54, 1.807) is 6.07 Å². The zero-order valence-corrected chi connectivity index (χ0v) is 14.9. The lowest BCUT2D eigenvalue weighted by atomic mass is 10.0. The van der Waals surface area contributed by atoms with Crippen molar-refractivity contribution in [2.24, 2.45) is 0 Å². The lowest BCUT2D eigenvalue weighted by Gasteiger charge is -2.37. The highest BCUT2D eigenvalue weighted by atomic mass is 127. The molecular formula is C15H22IN3O3. The number of nitro groups is 1. The lowest BCUT2D eigenvalue weighted by Crippen LogP contribution is -2.44. The molecule has 0 spiro atoms. The van der Waals surface area contributed by atoms with Gasteiger partial charge in [0.25, 0.3) is 5.69 Å². The maximum Gasteiger partial charge on any atom is 0.293 e. The first-order chi connectivity index (χ1) is 10.5. The third-order valence-electron chi connectivity index (χ3n) is 4.23. The van der Waals surface area contributed by atoms with Gasteiger partial charge in [0.05, 0.1) is 4.92 Å². The minimum Gasteiger partial charge on any atom is -0.396 e. The highest BCUT2D eigenvalue weighted by Gasteiger charge is 2.26. The molecular weight excluding hydrogens is 397 g/mol. The maximum absolute atomic E-state index is 11.3. The van der Waals surface area contributed by atoms with E-state index < -0.39 is 0 Å². The summed E-state index contributed by atoms with van der Waals surface area (Å²) in [5.74, 6) is 0. The van der Waals surface area contributed by atoms with E-state index in [0.717, 1.165) is 48.2 Å². The van der Waals surface area contributed by atoms with Gasteiger partial charge < -0.3 is 14.9 Å². The van der Waals surface area contributed by atoms with Crippen molar-refractivity contribution in [3.63, 3.8) is 0 Å². The number of rotatable bonds is 6. The summed E-state index contributed by atoms with van der Waals surface area (Å²) in [7, 11) is 2.09. The van der Waals surface area contributed by atoms with Crippen molar-refractivity contribution in [1.29, 1.82) is 0 Å². The van der Waals surface area contributed by atoms with Crippen LogP contribution < -0.4 is 4.90 Å². The van der Waals surface area contributed by atoms with E-state index in [0.29, 0.717) is 6.04 Å². The Morgan fingerprint density at radius 1 is 1.45 bits per heavy atom. The highest BCUT2D eigenvalue weighted by molar-refractivity contribution is 14.1. The quantitative estimate of drug-likeness (QED) is 0.436. The second-order valence-corrected chi connectivity index (χ2v) is 6.91. The number of hydrogen-bond donors (Lipinski definition) is 1. The summed E-state index contributed by atoms with van der Waals surface area (Å²) in [6.07, 6.45) is 2.77. The van der Waals surface area contributed by atoms with Gasteiger partial charge in [-0.05, 0) is 61.0 Å². The smallest absolute Gasteiger partial charge is 0.293 e. The van der Waals surface area contributed by atoms with Gasteiger partial charge in [0.15, 0.2) is 0 Å². The van der Waals surface area contributed by atoms with E-state index in [1.807, 2.05) is 12.1 Å². The van der Waals surface area contributed by atoms with Gasteiger partial charge in [0, 0.05) is 41.9 Å². The van der Waals surface area contributed by atoms with Crippen LogP contribution in [0.3, 0.4) is 0 Å². The van der Waals surface area contributed by atoms with Crippen molar-refractivity contribution >= 4 is 34.0 Å². The number of hydrogen-bond acceptors (Lipinski definition) is 5. The SMILES string of the molecule is CN(CCCO)C1CCN(c2ccc(I)cc2[N+](=O)[O-])CC1. The third kappa shape index (κ3) is 4.30. The van der Waals surface area contributed by atoms with Crippen LogP contribution in [0, 0.1) is 13.7 Å². The van der Waals surface area contributed by atoms with Gasteiger partial charge >= 0.3 is 0 Å². The van der Waals surface area contributed by atoms with Crippen LogP contribution >= 0.6 is 22.6 Å². The normalized spacial score (nSPS) is 16.3. The zero-order valence-electron chi connectivity index (χ0n) is 12.7. The standard InChI is InChI=1S/C15H22IN3O3/c1-17(7-2-10-20)13-5-8-18(9-6-13)14-4-3-12(16)11-15(14)19(21)22/h3-4,11,13,20H,2,5-10H2,1H3. The minimum absolute atomic E-state index is 0.194. The first kappa shape index (κ1) is 17.4. The molecule has 7 heteroatoms. The molecule has 1 N–H and O–H groups in total. The highest BCUT2D eigenvalue weighted by Crippen LogP contribution is 2.32. The van der Waals surface area contributed by atoms with E-state index in [4.69, 9.17) is 5.11 Å². The topological polar surface area (TPSA) is 69.8 Å². The van der Waals surface area contributed by atoms with Crippen molar-refractivity contribution in [1.82, 2.24) is 4.90 Å². The van der Waals surface area contributed by atoms with Crippen LogP contribution in [0.4, 0.5) is 11.4 Å². The molecule has 1 aliphatic heterocycles. The summed E-state index contributed by atoms with van der Waals surface area (Å²) in [6.45, 7) is 2.77. The number of anilines is 1. The molecule has 0 aromatic heterocycles. The molecule has 0 bridgehead atoms. The molecule has 0 amide bonds. The number of nitrogens with zero attached hydrogens (tertiary/aromatic N) is 3. The molecule has 0 saturated carbocycles. The fourth-order valence-corrected chi connectivity index (χ4v) is 3.44. The molecule has 0 atom stereocenters. The Bertz CT molecular complexity index is 519. The van der Waals surface area contributed by atoms with Crippen LogP contribution in [0.5, 0.6) is 0 Å². The van der Waals surface area contributed by atoms with Crippen LogP contribution in [-0.2, 0) is 0 Å². The van der Waals surface area contributed by atoms with Crippen LogP contribution in [0.25, 0.3) is 0 Å². The third-order valence-corrected chi connectivity index (χ3v) is 4.90. The monoisotopic (exact) mass is 419 g/mol. The van der Waals surface area contributed by atoms with Gasteiger partial charge in [0.1, 0.15) is 5.69 Å². The first-order valence-corrected chi connectivity index (χ1v) is 8.60. The maximum atomic E-state index is 11.3. The summed E-state index contributed by atoms with van der Waals surface area (Å²) in [4.78, 5) is 15.4. The molecule has 1 aromatic carbocycles. The van der Waals surface area contributed by atoms with Crippen LogP contribution in [0.2, 0.25) is 0 Å². The number of nitro benzene ring substituents is 1. The molecule has 1 aliphatic rings. The Morgan fingerprint density at radius 3 is 2.73 bits per heavy atom. The van der Waals surface area contributed by atoms with Crippen molar-refractivity contribution in [2.45, 2.75) is 25.3 Å². The molecule has 122 valence electrons. The van der Waals surface area contributed by atoms with E-state index in [2.05, 4.69) is 39.4 Å².